The number of nitrogens with zero attached hydrogens (tertiary/aromatic N) is 3. The number of carbonyl (C=O) groups is 1. The molecule has 1 fully saturated rings. The number of ether oxygens (including phenoxy) is 2. The van der Waals surface area contributed by atoms with Crippen molar-refractivity contribution in [3.63, 3.8) is 0 Å². The lowest BCUT2D eigenvalue weighted by molar-refractivity contribution is -0.132. The molecule has 1 aromatic carbocycles. The van der Waals surface area contributed by atoms with Crippen LogP contribution in [0.1, 0.15) is 28.3 Å². The van der Waals surface area contributed by atoms with Crippen molar-refractivity contribution < 1.29 is 23.2 Å². The van der Waals surface area contributed by atoms with E-state index in [0.717, 1.165) is 34.1 Å². The van der Waals surface area contributed by atoms with E-state index in [1.54, 1.807) is 13.4 Å². The first-order valence-electron chi connectivity index (χ1n) is 11.4. The smallest absolute Gasteiger partial charge is 0.237 e. The van der Waals surface area contributed by atoms with E-state index in [2.05, 4.69) is 10.1 Å². The fourth-order valence-corrected chi connectivity index (χ4v) is 4.05. The maximum Gasteiger partial charge on any atom is 0.237 e. The summed E-state index contributed by atoms with van der Waals surface area (Å²) in [4.78, 5) is 17.2. The number of aromatic nitrogens is 1. The summed E-state index contributed by atoms with van der Waals surface area (Å²) < 4.78 is 22.3. The minimum absolute atomic E-state index is 0.0673. The van der Waals surface area contributed by atoms with Crippen molar-refractivity contribution >= 4 is 12.0 Å². The molecule has 3 aromatic rings. The molecule has 1 amide bonds. The Labute approximate surface area is 199 Å². The lowest BCUT2D eigenvalue weighted by Crippen LogP contribution is -2.37. The highest BCUT2D eigenvalue weighted by molar-refractivity contribution is 5.78. The van der Waals surface area contributed by atoms with E-state index in [9.17, 15) is 4.79 Å². The van der Waals surface area contributed by atoms with Gasteiger partial charge in [-0.2, -0.15) is 0 Å². The molecule has 34 heavy (non-hydrogen) atoms. The number of furan rings is 1. The van der Waals surface area contributed by atoms with Crippen molar-refractivity contribution in [3.8, 4) is 5.75 Å². The molecule has 0 N–H and O–H groups in total. The van der Waals surface area contributed by atoms with Crippen LogP contribution in [0, 0.1) is 13.8 Å². The summed E-state index contributed by atoms with van der Waals surface area (Å²) in [6, 6.07) is 11.6. The molecule has 8 nitrogen and oxygen atoms in total. The third-order valence-electron chi connectivity index (χ3n) is 5.94. The molecule has 2 aromatic heterocycles. The Balaban J connectivity index is 1.48. The summed E-state index contributed by atoms with van der Waals surface area (Å²) in [5, 5.41) is 4.02. The van der Waals surface area contributed by atoms with Crippen LogP contribution in [0.5, 0.6) is 5.75 Å². The molecule has 0 bridgehead atoms. The van der Waals surface area contributed by atoms with Gasteiger partial charge in [0.25, 0.3) is 0 Å². The number of rotatable bonds is 9. The van der Waals surface area contributed by atoms with Crippen molar-refractivity contribution in [3.05, 3.63) is 77.1 Å². The van der Waals surface area contributed by atoms with Crippen LogP contribution in [0.2, 0.25) is 0 Å². The summed E-state index contributed by atoms with van der Waals surface area (Å²) in [5.74, 6) is 2.38. The largest absolute Gasteiger partial charge is 0.497 e. The first-order chi connectivity index (χ1) is 16.5. The maximum atomic E-state index is 13.2. The Hall–Kier alpha value is -3.36. The zero-order valence-corrected chi connectivity index (χ0v) is 19.9. The second-order valence-corrected chi connectivity index (χ2v) is 8.47. The van der Waals surface area contributed by atoms with Gasteiger partial charge in [-0.25, -0.2) is 0 Å². The molecule has 0 saturated carbocycles. The van der Waals surface area contributed by atoms with Gasteiger partial charge in [0, 0.05) is 31.7 Å². The average Bonchev–Trinajstić information content (AvgIpc) is 3.43. The Kier molecular flexibility index (Phi) is 7.82. The maximum absolute atomic E-state index is 13.2. The molecule has 1 saturated heterocycles. The van der Waals surface area contributed by atoms with Crippen molar-refractivity contribution in [2.75, 3.05) is 33.3 Å². The minimum atomic E-state index is -0.164. The van der Waals surface area contributed by atoms with Crippen LogP contribution in [-0.2, 0) is 22.7 Å². The number of methoxy groups -OCH3 is 1. The SMILES string of the molecule is COc1cccc(CN2CC(OCc3c(C)noc3C)CN(C/C=C/c3ccco3)CC2=O)c1. The monoisotopic (exact) mass is 465 g/mol. The van der Waals surface area contributed by atoms with Crippen LogP contribution in [0.15, 0.2) is 57.7 Å². The van der Waals surface area contributed by atoms with E-state index < -0.39 is 0 Å². The lowest BCUT2D eigenvalue weighted by atomic mass is 10.2. The van der Waals surface area contributed by atoms with Crippen LogP contribution in [0.25, 0.3) is 6.08 Å². The predicted octanol–water partition coefficient (Wildman–Crippen LogP) is 3.84. The Morgan fingerprint density at radius 2 is 2.09 bits per heavy atom. The zero-order chi connectivity index (χ0) is 23.9. The summed E-state index contributed by atoms with van der Waals surface area (Å²) in [5.41, 5.74) is 2.80. The van der Waals surface area contributed by atoms with Gasteiger partial charge in [-0.15, -0.1) is 0 Å². The minimum Gasteiger partial charge on any atom is -0.497 e. The molecule has 1 unspecified atom stereocenters. The second-order valence-electron chi connectivity index (χ2n) is 8.47. The predicted molar refractivity (Wildman–Crippen MR) is 127 cm³/mol. The Morgan fingerprint density at radius 1 is 1.21 bits per heavy atom. The molecule has 3 heterocycles. The first kappa shape index (κ1) is 23.8. The number of benzene rings is 1. The van der Waals surface area contributed by atoms with Crippen LogP contribution >= 0.6 is 0 Å². The van der Waals surface area contributed by atoms with Gasteiger partial charge in [0.1, 0.15) is 17.3 Å². The van der Waals surface area contributed by atoms with Gasteiger partial charge in [-0.1, -0.05) is 23.4 Å². The van der Waals surface area contributed by atoms with Gasteiger partial charge in [0.2, 0.25) is 5.91 Å². The summed E-state index contributed by atoms with van der Waals surface area (Å²) >= 11 is 0. The summed E-state index contributed by atoms with van der Waals surface area (Å²) in [6.07, 6.45) is 5.41. The molecule has 180 valence electrons. The van der Waals surface area contributed by atoms with Gasteiger partial charge in [0.15, 0.2) is 0 Å². The number of carbonyl (C=O) groups excluding carboxylic acids is 1. The Bertz CT molecular complexity index is 1090. The zero-order valence-electron chi connectivity index (χ0n) is 19.9. The van der Waals surface area contributed by atoms with Crippen LogP contribution in [0.4, 0.5) is 0 Å². The Morgan fingerprint density at radius 3 is 2.82 bits per heavy atom. The highest BCUT2D eigenvalue weighted by Gasteiger charge is 2.28. The van der Waals surface area contributed by atoms with E-state index in [4.69, 9.17) is 18.4 Å². The quantitative estimate of drug-likeness (QED) is 0.475. The van der Waals surface area contributed by atoms with Crippen molar-refractivity contribution in [1.29, 1.82) is 0 Å². The fourth-order valence-electron chi connectivity index (χ4n) is 4.05. The lowest BCUT2D eigenvalue weighted by Gasteiger charge is -2.25. The van der Waals surface area contributed by atoms with Gasteiger partial charge in [-0.05, 0) is 49.8 Å². The number of hydrogen-bond donors (Lipinski definition) is 0. The number of aryl methyl sites for hydroxylation is 2. The fraction of sp³-hybridized carbons (Fsp3) is 0.385. The van der Waals surface area contributed by atoms with Gasteiger partial charge in [-0.3, -0.25) is 9.69 Å². The molecule has 0 aliphatic carbocycles. The van der Waals surface area contributed by atoms with Crippen molar-refractivity contribution in [1.82, 2.24) is 15.0 Å². The molecule has 0 radical (unpaired) electrons. The molecule has 4 rings (SSSR count). The highest BCUT2D eigenvalue weighted by Crippen LogP contribution is 2.19. The van der Waals surface area contributed by atoms with Gasteiger partial charge >= 0.3 is 0 Å². The molecule has 0 spiro atoms. The van der Waals surface area contributed by atoms with Crippen LogP contribution in [0.3, 0.4) is 0 Å². The number of amides is 1. The topological polar surface area (TPSA) is 81.2 Å². The van der Waals surface area contributed by atoms with E-state index in [1.165, 1.54) is 0 Å². The van der Waals surface area contributed by atoms with Crippen molar-refractivity contribution in [2.24, 2.45) is 0 Å². The normalized spacial score (nSPS) is 17.4. The molecular weight excluding hydrogens is 434 g/mol. The summed E-state index contributed by atoms with van der Waals surface area (Å²) in [6.45, 7) is 6.75. The third-order valence-corrected chi connectivity index (χ3v) is 5.94. The average molecular weight is 466 g/mol. The third kappa shape index (κ3) is 6.15. The molecule has 1 aliphatic heterocycles. The van der Waals surface area contributed by atoms with Gasteiger partial charge in [0.05, 0.1) is 38.3 Å². The van der Waals surface area contributed by atoms with E-state index >= 15 is 0 Å². The second kappa shape index (κ2) is 11.2. The summed E-state index contributed by atoms with van der Waals surface area (Å²) in [7, 11) is 1.64. The molecular formula is C26H31N3O5. The van der Waals surface area contributed by atoms with Gasteiger partial charge < -0.3 is 23.3 Å². The van der Waals surface area contributed by atoms with Crippen LogP contribution < -0.4 is 4.74 Å². The molecule has 8 heteroatoms. The van der Waals surface area contributed by atoms with E-state index in [-0.39, 0.29) is 12.0 Å². The van der Waals surface area contributed by atoms with Crippen molar-refractivity contribution in [2.45, 2.75) is 33.1 Å². The van der Waals surface area contributed by atoms with Crippen LogP contribution in [-0.4, -0.2) is 60.3 Å². The standard InChI is InChI=1S/C26H31N3O5/c1-19-25(20(2)34-27-19)18-33-24-15-28(11-5-9-22-10-6-12-32-22)17-26(30)29(16-24)14-21-7-4-8-23(13-21)31-3/h4-10,12-13,24H,11,14-18H2,1-3H3/b9-5+. The van der Waals surface area contributed by atoms with E-state index in [1.807, 2.05) is 67.3 Å². The molecule has 1 atom stereocenters. The highest BCUT2D eigenvalue weighted by atomic mass is 16.5. The molecule has 1 aliphatic rings. The number of hydrogen-bond acceptors (Lipinski definition) is 7. The van der Waals surface area contributed by atoms with E-state index in [0.29, 0.717) is 39.3 Å². The first-order valence-corrected chi connectivity index (χ1v) is 11.4.